The summed E-state index contributed by atoms with van der Waals surface area (Å²) >= 11 is 3.53. The van der Waals surface area contributed by atoms with Gasteiger partial charge in [-0.3, -0.25) is 4.98 Å². The zero-order chi connectivity index (χ0) is 12.0. The maximum atomic E-state index is 10.0. The van der Waals surface area contributed by atoms with Crippen LogP contribution in [0.25, 0.3) is 21.7 Å². The van der Waals surface area contributed by atoms with Crippen LogP contribution in [-0.4, -0.2) is 10.1 Å². The van der Waals surface area contributed by atoms with E-state index >= 15 is 0 Å². The highest BCUT2D eigenvalue weighted by atomic mass is 79.9. The first kappa shape index (κ1) is 10.5. The molecule has 1 N–H and O–H groups in total. The van der Waals surface area contributed by atoms with Gasteiger partial charge in [0.05, 0.1) is 10.9 Å². The minimum absolute atomic E-state index is 0.270. The number of halogens is 1. The summed E-state index contributed by atoms with van der Waals surface area (Å²) in [5.74, 6) is 0.270. The van der Waals surface area contributed by atoms with Gasteiger partial charge in [-0.2, -0.15) is 0 Å². The Hall–Kier alpha value is -1.61. The van der Waals surface area contributed by atoms with Gasteiger partial charge in [0.1, 0.15) is 5.75 Å². The first-order valence-electron chi connectivity index (χ1n) is 5.34. The molecule has 0 aliphatic heterocycles. The maximum Gasteiger partial charge on any atom is 0.125 e. The Kier molecular flexibility index (Phi) is 2.30. The van der Waals surface area contributed by atoms with E-state index < -0.39 is 0 Å². The summed E-state index contributed by atoms with van der Waals surface area (Å²) in [6.07, 6.45) is 0. The van der Waals surface area contributed by atoms with Crippen molar-refractivity contribution in [2.75, 3.05) is 0 Å². The highest BCUT2D eigenvalue weighted by molar-refractivity contribution is 9.10. The molecule has 0 unspecified atom stereocenters. The quantitative estimate of drug-likeness (QED) is 0.630. The van der Waals surface area contributed by atoms with Crippen LogP contribution >= 0.6 is 15.9 Å². The zero-order valence-corrected chi connectivity index (χ0v) is 10.8. The molecule has 3 rings (SSSR count). The Balaban J connectivity index is 2.65. The fourth-order valence-electron chi connectivity index (χ4n) is 2.09. The highest BCUT2D eigenvalue weighted by Crippen LogP contribution is 2.35. The molecule has 1 heterocycles. The second-order valence-corrected chi connectivity index (χ2v) is 4.94. The molecule has 2 nitrogen and oxygen atoms in total. The Morgan fingerprint density at radius 3 is 2.82 bits per heavy atom. The molecular weight excluding hydrogens is 278 g/mol. The van der Waals surface area contributed by atoms with Crippen molar-refractivity contribution in [3.8, 4) is 5.75 Å². The number of rotatable bonds is 0. The Morgan fingerprint density at radius 2 is 2.00 bits per heavy atom. The largest absolute Gasteiger partial charge is 0.507 e. The molecular formula is C14H10BrNO. The fourth-order valence-corrected chi connectivity index (χ4v) is 2.66. The molecule has 0 bridgehead atoms. The van der Waals surface area contributed by atoms with Crippen molar-refractivity contribution in [1.29, 1.82) is 0 Å². The third-order valence-electron chi connectivity index (χ3n) is 2.88. The predicted octanol–water partition coefficient (Wildman–Crippen LogP) is 4.16. The van der Waals surface area contributed by atoms with Crippen LogP contribution in [0.4, 0.5) is 0 Å². The summed E-state index contributed by atoms with van der Waals surface area (Å²) in [5, 5.41) is 12.8. The lowest BCUT2D eigenvalue weighted by atomic mass is 10.0. The molecule has 3 heteroatoms. The first-order valence-corrected chi connectivity index (χ1v) is 6.13. The van der Waals surface area contributed by atoms with Gasteiger partial charge in [0, 0.05) is 20.9 Å². The summed E-state index contributed by atoms with van der Waals surface area (Å²) in [4.78, 5) is 4.52. The summed E-state index contributed by atoms with van der Waals surface area (Å²) in [6, 6.07) is 11.5. The Morgan fingerprint density at radius 1 is 1.18 bits per heavy atom. The van der Waals surface area contributed by atoms with Gasteiger partial charge in [-0.1, -0.05) is 34.1 Å². The molecule has 0 saturated carbocycles. The Labute approximate surface area is 107 Å². The lowest BCUT2D eigenvalue weighted by Crippen LogP contribution is -1.86. The van der Waals surface area contributed by atoms with Gasteiger partial charge in [-0.25, -0.2) is 0 Å². The normalized spacial score (nSPS) is 11.2. The minimum Gasteiger partial charge on any atom is -0.507 e. The molecule has 0 fully saturated rings. The van der Waals surface area contributed by atoms with Crippen molar-refractivity contribution in [3.05, 3.63) is 46.6 Å². The SMILES string of the molecule is Cc1ccc2cc(Br)c3cccc(O)c3c2n1. The number of benzene rings is 2. The van der Waals surface area contributed by atoms with Crippen LogP contribution in [0.15, 0.2) is 40.9 Å². The van der Waals surface area contributed by atoms with E-state index in [0.717, 1.165) is 31.8 Å². The second kappa shape index (κ2) is 3.70. The molecule has 2 aromatic carbocycles. The third kappa shape index (κ3) is 1.58. The van der Waals surface area contributed by atoms with Crippen LogP contribution in [0.1, 0.15) is 5.69 Å². The molecule has 84 valence electrons. The molecule has 0 saturated heterocycles. The molecule has 0 atom stereocenters. The summed E-state index contributed by atoms with van der Waals surface area (Å²) in [6.45, 7) is 1.95. The predicted molar refractivity (Wildman–Crippen MR) is 73.4 cm³/mol. The van der Waals surface area contributed by atoms with E-state index in [4.69, 9.17) is 0 Å². The van der Waals surface area contributed by atoms with E-state index in [-0.39, 0.29) is 5.75 Å². The zero-order valence-electron chi connectivity index (χ0n) is 9.24. The number of aromatic nitrogens is 1. The van der Waals surface area contributed by atoms with Crippen LogP contribution in [0.2, 0.25) is 0 Å². The van der Waals surface area contributed by atoms with Crippen LogP contribution < -0.4 is 0 Å². The lowest BCUT2D eigenvalue weighted by Gasteiger charge is -2.08. The second-order valence-electron chi connectivity index (χ2n) is 4.08. The number of nitrogens with zero attached hydrogens (tertiary/aromatic N) is 1. The van der Waals surface area contributed by atoms with Gasteiger partial charge in [-0.15, -0.1) is 0 Å². The van der Waals surface area contributed by atoms with Crippen molar-refractivity contribution in [3.63, 3.8) is 0 Å². The van der Waals surface area contributed by atoms with Crippen LogP contribution in [0.3, 0.4) is 0 Å². The van der Waals surface area contributed by atoms with Gasteiger partial charge < -0.3 is 5.11 Å². The number of hydrogen-bond acceptors (Lipinski definition) is 2. The monoisotopic (exact) mass is 287 g/mol. The van der Waals surface area contributed by atoms with Crippen molar-refractivity contribution in [2.24, 2.45) is 0 Å². The molecule has 3 aromatic rings. The number of aryl methyl sites for hydroxylation is 1. The maximum absolute atomic E-state index is 10.0. The van der Waals surface area contributed by atoms with E-state index in [2.05, 4.69) is 20.9 Å². The third-order valence-corrected chi connectivity index (χ3v) is 3.54. The number of aromatic hydroxyl groups is 1. The number of fused-ring (bicyclic) bond motifs is 3. The molecule has 17 heavy (non-hydrogen) atoms. The topological polar surface area (TPSA) is 33.1 Å². The van der Waals surface area contributed by atoms with Crippen LogP contribution in [0, 0.1) is 6.92 Å². The van der Waals surface area contributed by atoms with Gasteiger partial charge in [0.2, 0.25) is 0 Å². The van der Waals surface area contributed by atoms with Gasteiger partial charge in [0.15, 0.2) is 0 Å². The number of pyridine rings is 1. The van der Waals surface area contributed by atoms with Crippen LogP contribution in [-0.2, 0) is 0 Å². The summed E-state index contributed by atoms with van der Waals surface area (Å²) in [5.41, 5.74) is 1.80. The van der Waals surface area contributed by atoms with Gasteiger partial charge in [0.25, 0.3) is 0 Å². The van der Waals surface area contributed by atoms with Crippen molar-refractivity contribution in [2.45, 2.75) is 6.92 Å². The molecule has 0 amide bonds. The Bertz CT molecular complexity index is 737. The number of hydrogen-bond donors (Lipinski definition) is 1. The summed E-state index contributed by atoms with van der Waals surface area (Å²) in [7, 11) is 0. The average molecular weight is 288 g/mol. The van der Waals surface area contributed by atoms with E-state index in [1.807, 2.05) is 37.3 Å². The van der Waals surface area contributed by atoms with Gasteiger partial charge >= 0.3 is 0 Å². The van der Waals surface area contributed by atoms with Gasteiger partial charge in [-0.05, 0) is 25.1 Å². The van der Waals surface area contributed by atoms with E-state index in [1.165, 1.54) is 0 Å². The standard InChI is InChI=1S/C14H10BrNO/c1-8-5-6-9-7-11(15)10-3-2-4-12(17)13(10)14(9)16-8/h2-7,17H,1H3. The lowest BCUT2D eigenvalue weighted by molar-refractivity contribution is 0.482. The van der Waals surface area contributed by atoms with Crippen molar-refractivity contribution < 1.29 is 5.11 Å². The fraction of sp³-hybridized carbons (Fsp3) is 0.0714. The molecule has 0 radical (unpaired) electrons. The molecule has 1 aromatic heterocycles. The van der Waals surface area contributed by atoms with Crippen LogP contribution in [0.5, 0.6) is 5.75 Å². The molecule has 0 aliphatic carbocycles. The number of phenolic OH excluding ortho intramolecular Hbond substituents is 1. The first-order chi connectivity index (χ1) is 8.16. The van der Waals surface area contributed by atoms with E-state index in [9.17, 15) is 5.11 Å². The number of phenols is 1. The average Bonchev–Trinajstić information content (AvgIpc) is 2.30. The highest BCUT2D eigenvalue weighted by Gasteiger charge is 2.09. The summed E-state index contributed by atoms with van der Waals surface area (Å²) < 4.78 is 0.974. The van der Waals surface area contributed by atoms with Crippen molar-refractivity contribution >= 4 is 37.6 Å². The molecule has 0 aliphatic rings. The molecule has 0 spiro atoms. The smallest absolute Gasteiger partial charge is 0.125 e. The minimum atomic E-state index is 0.270. The van der Waals surface area contributed by atoms with Crippen molar-refractivity contribution in [1.82, 2.24) is 4.98 Å². The van der Waals surface area contributed by atoms with E-state index in [1.54, 1.807) is 6.07 Å². The van der Waals surface area contributed by atoms with E-state index in [0.29, 0.717) is 0 Å².